The highest BCUT2D eigenvalue weighted by molar-refractivity contribution is 5.50. The summed E-state index contributed by atoms with van der Waals surface area (Å²) >= 11 is 0. The second kappa shape index (κ2) is 12.3. The van der Waals surface area contributed by atoms with E-state index in [1.165, 1.54) is 6.42 Å². The van der Waals surface area contributed by atoms with Crippen molar-refractivity contribution in [3.05, 3.63) is 76.1 Å². The number of hydrogen-bond donors (Lipinski definition) is 0. The summed E-state index contributed by atoms with van der Waals surface area (Å²) in [6.07, 6.45) is 16.0. The molecule has 0 radical (unpaired) electrons. The van der Waals surface area contributed by atoms with Crippen LogP contribution in [0.3, 0.4) is 0 Å². The molecule has 3 heteroatoms. The van der Waals surface area contributed by atoms with Gasteiger partial charge in [0.2, 0.25) is 0 Å². The lowest BCUT2D eigenvalue weighted by Crippen LogP contribution is -2.16. The van der Waals surface area contributed by atoms with Crippen molar-refractivity contribution in [1.29, 1.82) is 0 Å². The van der Waals surface area contributed by atoms with Crippen molar-refractivity contribution in [1.82, 2.24) is 0 Å². The lowest BCUT2D eigenvalue weighted by atomic mass is 9.75. The molecule has 2 fully saturated rings. The van der Waals surface area contributed by atoms with Gasteiger partial charge in [-0.3, -0.25) is 0 Å². The quantitative estimate of drug-likeness (QED) is 0.351. The van der Waals surface area contributed by atoms with Crippen molar-refractivity contribution in [2.24, 2.45) is 11.8 Å². The van der Waals surface area contributed by atoms with Gasteiger partial charge in [-0.15, -0.1) is 0 Å². The molecule has 2 aromatic carbocycles. The van der Waals surface area contributed by atoms with Crippen molar-refractivity contribution in [3.8, 4) is 0 Å². The molecule has 0 atom stereocenters. The number of hydrogen-bond acceptors (Lipinski definition) is 0. The van der Waals surface area contributed by atoms with Crippen molar-refractivity contribution in [3.63, 3.8) is 0 Å². The van der Waals surface area contributed by atoms with Gasteiger partial charge < -0.3 is 0 Å². The summed E-state index contributed by atoms with van der Waals surface area (Å²) in [7, 11) is 0. The maximum absolute atomic E-state index is 15.1. The van der Waals surface area contributed by atoms with Gasteiger partial charge in [0.15, 0.2) is 11.6 Å². The summed E-state index contributed by atoms with van der Waals surface area (Å²) in [6.45, 7) is 4.33. The maximum Gasteiger partial charge on any atom is 0.162 e. The SMILES string of the molecule is CCCCc1ccc(C=CC2CCC(c3ccc(C4CCC(CC)CC4)c(F)c3F)CC2)cc1F. The van der Waals surface area contributed by atoms with Gasteiger partial charge in [0, 0.05) is 0 Å². The van der Waals surface area contributed by atoms with Crippen molar-refractivity contribution in [2.75, 3.05) is 0 Å². The molecule has 2 aromatic rings. The summed E-state index contributed by atoms with van der Waals surface area (Å²) < 4.78 is 44.5. The summed E-state index contributed by atoms with van der Waals surface area (Å²) in [5.74, 6) is 0.0410. The van der Waals surface area contributed by atoms with Crippen LogP contribution >= 0.6 is 0 Å². The normalized spacial score (nSPS) is 25.3. The molecule has 4 rings (SSSR count). The number of benzene rings is 2. The highest BCUT2D eigenvalue weighted by Gasteiger charge is 2.29. The van der Waals surface area contributed by atoms with E-state index in [-0.39, 0.29) is 17.7 Å². The molecule has 2 aliphatic rings. The number of allylic oxidation sites excluding steroid dienone is 1. The van der Waals surface area contributed by atoms with Gasteiger partial charge >= 0.3 is 0 Å². The summed E-state index contributed by atoms with van der Waals surface area (Å²) in [5.41, 5.74) is 2.83. The van der Waals surface area contributed by atoms with Crippen molar-refractivity contribution < 1.29 is 13.2 Å². The average Bonchev–Trinajstić information content (AvgIpc) is 2.89. The molecule has 0 aliphatic heterocycles. The van der Waals surface area contributed by atoms with E-state index in [0.717, 1.165) is 87.7 Å². The molecule has 2 aliphatic carbocycles. The lowest BCUT2D eigenvalue weighted by Gasteiger charge is -2.30. The van der Waals surface area contributed by atoms with Crippen LogP contribution < -0.4 is 0 Å². The molecule has 35 heavy (non-hydrogen) atoms. The third kappa shape index (κ3) is 6.40. The van der Waals surface area contributed by atoms with Crippen LogP contribution in [0.5, 0.6) is 0 Å². The minimum Gasteiger partial charge on any atom is -0.207 e. The molecule has 0 unspecified atom stereocenters. The van der Waals surface area contributed by atoms with E-state index in [1.54, 1.807) is 6.07 Å². The largest absolute Gasteiger partial charge is 0.207 e. The minimum atomic E-state index is -0.613. The van der Waals surface area contributed by atoms with E-state index in [1.807, 2.05) is 30.3 Å². The number of unbranched alkanes of at least 4 members (excludes halogenated alkanes) is 1. The fourth-order valence-corrected chi connectivity index (χ4v) is 6.20. The Hall–Kier alpha value is -2.03. The standard InChI is InChI=1S/C32H41F3/c1-3-5-6-27-18-13-24(21-30(27)33)8-7-23-11-16-26(17-12-23)29-20-19-28(31(34)32(29)35)25-14-9-22(4-2)10-15-25/h7-8,13,18-23,25-26H,3-6,9-12,14-17H2,1-2H3. The molecule has 0 saturated heterocycles. The Balaban J connectivity index is 1.34. The molecule has 190 valence electrons. The maximum atomic E-state index is 15.1. The molecular weight excluding hydrogens is 441 g/mol. The van der Waals surface area contributed by atoms with Gasteiger partial charge in [-0.1, -0.05) is 63.1 Å². The Bertz CT molecular complexity index is 992. The molecule has 0 spiro atoms. The molecule has 2 saturated carbocycles. The zero-order valence-electron chi connectivity index (χ0n) is 21.5. The summed E-state index contributed by atoms with van der Waals surface area (Å²) in [4.78, 5) is 0. The van der Waals surface area contributed by atoms with Crippen LogP contribution in [0.1, 0.15) is 119 Å². The number of halogens is 3. The van der Waals surface area contributed by atoms with E-state index in [4.69, 9.17) is 0 Å². The predicted molar refractivity (Wildman–Crippen MR) is 140 cm³/mol. The van der Waals surface area contributed by atoms with E-state index in [9.17, 15) is 4.39 Å². The van der Waals surface area contributed by atoms with E-state index in [2.05, 4.69) is 19.9 Å². The molecule has 0 amide bonds. The fourth-order valence-electron chi connectivity index (χ4n) is 6.20. The van der Waals surface area contributed by atoms with Crippen LogP contribution in [-0.2, 0) is 6.42 Å². The van der Waals surface area contributed by atoms with Gasteiger partial charge in [-0.25, -0.2) is 13.2 Å². The Morgan fingerprint density at radius 2 is 1.37 bits per heavy atom. The Morgan fingerprint density at radius 1 is 0.771 bits per heavy atom. The van der Waals surface area contributed by atoms with Crippen LogP contribution in [0.15, 0.2) is 36.4 Å². The zero-order chi connectivity index (χ0) is 24.8. The van der Waals surface area contributed by atoms with Gasteiger partial charge in [-0.05, 0) is 116 Å². The Labute approximate surface area is 210 Å². The third-order valence-corrected chi connectivity index (χ3v) is 8.66. The van der Waals surface area contributed by atoms with E-state index < -0.39 is 11.6 Å². The molecule has 0 N–H and O–H groups in total. The first-order chi connectivity index (χ1) is 17.0. The fraction of sp³-hybridized carbons (Fsp3) is 0.562. The highest BCUT2D eigenvalue weighted by atomic mass is 19.2. The van der Waals surface area contributed by atoms with Gasteiger partial charge in [-0.2, -0.15) is 0 Å². The molecule has 0 aromatic heterocycles. The monoisotopic (exact) mass is 482 g/mol. The van der Waals surface area contributed by atoms with Crippen LogP contribution in [-0.4, -0.2) is 0 Å². The van der Waals surface area contributed by atoms with Crippen molar-refractivity contribution in [2.45, 2.75) is 103 Å². The van der Waals surface area contributed by atoms with Crippen LogP contribution in [0.2, 0.25) is 0 Å². The van der Waals surface area contributed by atoms with Gasteiger partial charge in [0.25, 0.3) is 0 Å². The molecule has 0 heterocycles. The van der Waals surface area contributed by atoms with Crippen LogP contribution in [0.25, 0.3) is 6.08 Å². The number of aryl methyl sites for hydroxylation is 1. The summed E-state index contributed by atoms with van der Waals surface area (Å²) in [6, 6.07) is 9.25. The second-order valence-corrected chi connectivity index (χ2v) is 10.9. The average molecular weight is 483 g/mol. The van der Waals surface area contributed by atoms with Gasteiger partial charge in [0.1, 0.15) is 5.82 Å². The summed E-state index contributed by atoms with van der Waals surface area (Å²) in [5, 5.41) is 0. The number of rotatable bonds is 8. The highest BCUT2D eigenvalue weighted by Crippen LogP contribution is 2.42. The first-order valence-corrected chi connectivity index (χ1v) is 13.9. The van der Waals surface area contributed by atoms with E-state index in [0.29, 0.717) is 17.0 Å². The van der Waals surface area contributed by atoms with E-state index >= 15 is 8.78 Å². The Morgan fingerprint density at radius 3 is 1.91 bits per heavy atom. The van der Waals surface area contributed by atoms with Crippen LogP contribution in [0.4, 0.5) is 13.2 Å². The Kier molecular flexibility index (Phi) is 9.14. The zero-order valence-corrected chi connectivity index (χ0v) is 21.5. The second-order valence-electron chi connectivity index (χ2n) is 10.9. The first kappa shape index (κ1) is 26.0. The molecule has 0 nitrogen and oxygen atoms in total. The minimum absolute atomic E-state index is 0.0781. The third-order valence-electron chi connectivity index (χ3n) is 8.66. The van der Waals surface area contributed by atoms with Crippen LogP contribution in [0, 0.1) is 29.3 Å². The lowest BCUT2D eigenvalue weighted by molar-refractivity contribution is 0.311. The molecule has 0 bridgehead atoms. The molecular formula is C32H41F3. The van der Waals surface area contributed by atoms with Crippen molar-refractivity contribution >= 4 is 6.08 Å². The van der Waals surface area contributed by atoms with Gasteiger partial charge in [0.05, 0.1) is 0 Å². The predicted octanol–water partition coefficient (Wildman–Crippen LogP) is 10.1. The first-order valence-electron chi connectivity index (χ1n) is 13.9. The topological polar surface area (TPSA) is 0 Å². The smallest absolute Gasteiger partial charge is 0.162 e.